The average molecular weight is 945 g/mol. The van der Waals surface area contributed by atoms with E-state index < -0.39 is 0 Å². The second-order valence-corrected chi connectivity index (χ2v) is 15.4. The lowest BCUT2D eigenvalue weighted by Gasteiger charge is -2.29. The van der Waals surface area contributed by atoms with E-state index in [-0.39, 0.29) is 41.0 Å². The largest absolute Gasteiger partial charge is 0.457 e. The molecule has 70 heavy (non-hydrogen) atoms. The van der Waals surface area contributed by atoms with Crippen LogP contribution in [0.3, 0.4) is 0 Å². The molecule has 17 nitrogen and oxygen atoms in total. The van der Waals surface area contributed by atoms with E-state index in [0.717, 1.165) is 49.5 Å². The van der Waals surface area contributed by atoms with Crippen LogP contribution < -0.4 is 36.5 Å². The van der Waals surface area contributed by atoms with Crippen molar-refractivity contribution in [3.63, 3.8) is 0 Å². The molecule has 1 atom stereocenters. The van der Waals surface area contributed by atoms with Gasteiger partial charge >= 0.3 is 0 Å². The molecule has 2 saturated heterocycles. The standard InChI is InChI=1S/C26H26N6O3.C17H15N5O.C8H13NO.C2H6/c1-3-7-23(34)31-15-14-20(16-31)32(18-33)26-24(25(27)28-17-29-26)30(2)19-10-12-22(13-11-19)35-21-8-5-4-6-9-21;18-15(14-16(19)21-10-22-17(14)20)11-6-8-13(9-7-11)23-12-4-2-1-3-5-12;1-2-8(10)9-6-4-3-5-7-9;1-2/h4-6,8-13,17-18,20H,14-16H2,1-2H3,(H2,27,28,29);1-10,18H,(H4,19,20,21,22);2H,1,3-7H2;1-2H3. The highest BCUT2D eigenvalue weighted by molar-refractivity contribution is 6.16. The van der Waals surface area contributed by atoms with Crippen LogP contribution in [0.2, 0.25) is 0 Å². The van der Waals surface area contributed by atoms with Gasteiger partial charge in [0.1, 0.15) is 53.0 Å². The first-order chi connectivity index (χ1) is 34.0. The highest BCUT2D eigenvalue weighted by Crippen LogP contribution is 2.37. The molecule has 6 aromatic rings. The quantitative estimate of drug-likeness (QED) is 0.0392. The maximum atomic E-state index is 12.2. The molecule has 1 unspecified atom stereocenters. The second-order valence-electron chi connectivity index (χ2n) is 15.4. The van der Waals surface area contributed by atoms with Crippen LogP contribution in [0, 0.1) is 17.3 Å². The van der Waals surface area contributed by atoms with Crippen LogP contribution in [0.4, 0.5) is 34.6 Å². The first kappa shape index (κ1) is 52.2. The van der Waals surface area contributed by atoms with Gasteiger partial charge < -0.3 is 41.4 Å². The molecule has 8 rings (SSSR count). The number of nitrogens with zero attached hydrogens (tertiary/aromatic N) is 8. The molecule has 7 N–H and O–H groups in total. The number of ether oxygens (including phenoxy) is 2. The topological polar surface area (TPSA) is 236 Å². The van der Waals surface area contributed by atoms with Crippen LogP contribution in [-0.4, -0.2) is 92.9 Å². The Hall–Kier alpha value is -8.78. The van der Waals surface area contributed by atoms with Gasteiger partial charge in [-0.2, -0.15) is 0 Å². The van der Waals surface area contributed by atoms with Crippen LogP contribution >= 0.6 is 0 Å². The van der Waals surface area contributed by atoms with E-state index in [0.29, 0.717) is 53.6 Å². The predicted octanol–water partition coefficient (Wildman–Crippen LogP) is 8.27. The molecule has 4 aromatic carbocycles. The van der Waals surface area contributed by atoms with Crippen LogP contribution in [-0.2, 0) is 14.4 Å². The SMILES string of the molecule is C=CC(=O)N1CCCCC1.CC.CC#CC(=O)N1CCC(N(C=O)c2ncnc(N)c2N(C)c2ccc(Oc3ccccc3)cc2)C1.N=C(c1ccc(Oc2ccccc2)cc1)c1c(N)ncnc1N. The zero-order chi connectivity index (χ0) is 50.4. The van der Waals surface area contributed by atoms with Crippen molar-refractivity contribution in [1.29, 1.82) is 5.41 Å². The minimum absolute atomic E-state index is 0.0831. The number of nitrogens with two attached hydrogens (primary N) is 3. The minimum Gasteiger partial charge on any atom is -0.457 e. The van der Waals surface area contributed by atoms with E-state index in [1.54, 1.807) is 36.1 Å². The van der Waals surface area contributed by atoms with Gasteiger partial charge in [0, 0.05) is 44.5 Å². The number of amides is 3. The smallest absolute Gasteiger partial charge is 0.298 e. The van der Waals surface area contributed by atoms with E-state index >= 15 is 0 Å². The number of carbonyl (C=O) groups is 3. The van der Waals surface area contributed by atoms with Gasteiger partial charge in [-0.1, -0.05) is 62.7 Å². The number of para-hydroxylation sites is 2. The number of hydrogen-bond donors (Lipinski definition) is 4. The Labute approximate surface area is 409 Å². The molecule has 4 heterocycles. The van der Waals surface area contributed by atoms with E-state index in [9.17, 15) is 14.4 Å². The Morgan fingerprint density at radius 2 is 1.24 bits per heavy atom. The van der Waals surface area contributed by atoms with Crippen molar-refractivity contribution in [3.05, 3.63) is 146 Å². The van der Waals surface area contributed by atoms with Crippen LogP contribution in [0.5, 0.6) is 23.0 Å². The Balaban J connectivity index is 0.000000222. The third-order valence-corrected chi connectivity index (χ3v) is 10.9. The molecule has 2 aliphatic heterocycles. The number of nitrogen functional groups attached to an aromatic ring is 3. The van der Waals surface area contributed by atoms with Crippen molar-refractivity contribution < 1.29 is 23.9 Å². The zero-order valence-electron chi connectivity index (χ0n) is 40.0. The summed E-state index contributed by atoms with van der Waals surface area (Å²) in [4.78, 5) is 58.5. The summed E-state index contributed by atoms with van der Waals surface area (Å²) < 4.78 is 11.6. The maximum absolute atomic E-state index is 12.2. The Morgan fingerprint density at radius 3 is 1.77 bits per heavy atom. The van der Waals surface area contributed by atoms with E-state index in [4.69, 9.17) is 32.1 Å². The van der Waals surface area contributed by atoms with Crippen molar-refractivity contribution in [2.24, 2.45) is 0 Å². The van der Waals surface area contributed by atoms with Crippen LogP contribution in [0.25, 0.3) is 0 Å². The summed E-state index contributed by atoms with van der Waals surface area (Å²) in [6.45, 7) is 11.8. The van der Waals surface area contributed by atoms with Gasteiger partial charge in [-0.3, -0.25) is 24.7 Å². The molecule has 0 radical (unpaired) electrons. The summed E-state index contributed by atoms with van der Waals surface area (Å²) >= 11 is 0. The monoisotopic (exact) mass is 944 g/mol. The Bertz CT molecular complexity index is 2700. The van der Waals surface area contributed by atoms with Crippen LogP contribution in [0.1, 0.15) is 57.6 Å². The highest BCUT2D eigenvalue weighted by atomic mass is 16.5. The van der Waals surface area contributed by atoms with Gasteiger partial charge in [-0.05, 0) is 117 Å². The molecule has 0 saturated carbocycles. The predicted molar refractivity (Wildman–Crippen MR) is 276 cm³/mol. The molecule has 2 fully saturated rings. The lowest BCUT2D eigenvalue weighted by molar-refractivity contribution is -0.127. The summed E-state index contributed by atoms with van der Waals surface area (Å²) in [5.74, 6) is 8.85. The lowest BCUT2D eigenvalue weighted by atomic mass is 10.0. The molecule has 2 aromatic heterocycles. The van der Waals surface area contributed by atoms with Gasteiger partial charge in [-0.15, -0.1) is 0 Å². The number of rotatable bonds is 12. The van der Waals surface area contributed by atoms with Crippen molar-refractivity contribution in [1.82, 2.24) is 29.7 Å². The van der Waals surface area contributed by atoms with Crippen molar-refractivity contribution in [3.8, 4) is 34.8 Å². The lowest BCUT2D eigenvalue weighted by Crippen LogP contribution is -2.39. The van der Waals surface area contributed by atoms with Crippen molar-refractivity contribution in [2.45, 2.75) is 52.5 Å². The Morgan fingerprint density at radius 1 is 0.729 bits per heavy atom. The summed E-state index contributed by atoms with van der Waals surface area (Å²) in [5.41, 5.74) is 20.3. The number of likely N-dealkylation sites (tertiary alicyclic amines) is 2. The second kappa shape index (κ2) is 26.5. The summed E-state index contributed by atoms with van der Waals surface area (Å²) in [7, 11) is 1.83. The fourth-order valence-electron chi connectivity index (χ4n) is 7.40. The Kier molecular flexibility index (Phi) is 19.8. The fraction of sp³-hybridized carbons (Fsp3) is 0.245. The maximum Gasteiger partial charge on any atom is 0.298 e. The third-order valence-electron chi connectivity index (χ3n) is 10.9. The van der Waals surface area contributed by atoms with Gasteiger partial charge in [0.25, 0.3) is 5.91 Å². The normalized spacial score (nSPS) is 13.4. The van der Waals surface area contributed by atoms with E-state index in [1.807, 2.05) is 116 Å². The van der Waals surface area contributed by atoms with Crippen molar-refractivity contribution >= 4 is 58.6 Å². The van der Waals surface area contributed by atoms with Gasteiger partial charge in [0.15, 0.2) is 11.6 Å². The van der Waals surface area contributed by atoms with Crippen molar-refractivity contribution in [2.75, 3.05) is 60.2 Å². The molecular weight excluding hydrogens is 885 g/mol. The van der Waals surface area contributed by atoms with Crippen LogP contribution in [0.15, 0.2) is 135 Å². The molecule has 2 aliphatic rings. The third kappa shape index (κ3) is 14.1. The minimum atomic E-state index is -0.252. The molecule has 3 amide bonds. The number of benzene rings is 4. The number of piperidine rings is 1. The molecule has 0 spiro atoms. The molecule has 17 heteroatoms. The molecule has 362 valence electrons. The number of hydrogen-bond acceptors (Lipinski definition) is 14. The van der Waals surface area contributed by atoms with Gasteiger partial charge in [0.05, 0.1) is 17.3 Å². The molecular formula is C53H60N12O5. The first-order valence-electron chi connectivity index (χ1n) is 22.8. The summed E-state index contributed by atoms with van der Waals surface area (Å²) in [6, 6.07) is 33.3. The number of carbonyl (C=O) groups excluding carboxylic acids is 3. The molecule has 0 bridgehead atoms. The fourth-order valence-corrected chi connectivity index (χ4v) is 7.40. The van der Waals surface area contributed by atoms with E-state index in [2.05, 4.69) is 38.4 Å². The number of aromatic nitrogens is 4. The average Bonchev–Trinajstić information content (AvgIpc) is 3.89. The van der Waals surface area contributed by atoms with Gasteiger partial charge in [0.2, 0.25) is 12.3 Å². The number of nitrogens with one attached hydrogen (secondary N) is 1. The van der Waals surface area contributed by atoms with E-state index in [1.165, 1.54) is 30.1 Å². The first-order valence-corrected chi connectivity index (χ1v) is 22.8. The highest BCUT2D eigenvalue weighted by Gasteiger charge is 2.33. The summed E-state index contributed by atoms with van der Waals surface area (Å²) in [5, 5.41) is 8.26. The zero-order valence-corrected chi connectivity index (χ0v) is 40.0. The number of anilines is 6. The summed E-state index contributed by atoms with van der Waals surface area (Å²) in [6.07, 6.45) is 8.90. The van der Waals surface area contributed by atoms with Gasteiger partial charge in [-0.25, -0.2) is 19.9 Å². The molecule has 0 aliphatic carbocycles.